The summed E-state index contributed by atoms with van der Waals surface area (Å²) in [6.45, 7) is 8.00. The molecule has 0 radical (unpaired) electrons. The average Bonchev–Trinajstić information content (AvgIpc) is 2.86. The molecule has 0 bridgehead atoms. The van der Waals surface area contributed by atoms with E-state index in [1.807, 2.05) is 23.5 Å². The van der Waals surface area contributed by atoms with E-state index in [1.165, 1.54) is 24.1 Å². The van der Waals surface area contributed by atoms with E-state index in [-0.39, 0.29) is 5.41 Å². The van der Waals surface area contributed by atoms with E-state index >= 15 is 0 Å². The normalized spacial score (nSPS) is 16.1. The minimum absolute atomic E-state index is 0.154. The van der Waals surface area contributed by atoms with Crippen molar-refractivity contribution >= 4 is 17.0 Å². The lowest BCUT2D eigenvalue weighted by atomic mass is 9.83. The van der Waals surface area contributed by atoms with Gasteiger partial charge in [0.05, 0.1) is 0 Å². The molecule has 3 rings (SSSR count). The van der Waals surface area contributed by atoms with Gasteiger partial charge in [0.25, 0.3) is 0 Å². The average molecular weight is 286 g/mol. The van der Waals surface area contributed by atoms with Crippen molar-refractivity contribution in [1.29, 1.82) is 0 Å². The van der Waals surface area contributed by atoms with Crippen molar-refractivity contribution < 1.29 is 0 Å². The van der Waals surface area contributed by atoms with Crippen molar-refractivity contribution in [2.75, 3.05) is 18.8 Å². The lowest BCUT2D eigenvalue weighted by Gasteiger charge is -2.35. The zero-order valence-electron chi connectivity index (χ0n) is 12.2. The van der Waals surface area contributed by atoms with Crippen molar-refractivity contribution in [3.05, 3.63) is 51.7 Å². The molecule has 1 aliphatic rings. The van der Waals surface area contributed by atoms with Crippen molar-refractivity contribution in [2.24, 2.45) is 0 Å². The standard InChI is InChI=1S/C17H22N2S/c1-17(2,14-3-5-15(18)6-4-14)12-19-9-7-16-13(11-19)8-10-20-16/h3-6,8,10H,7,9,11-12,18H2,1-2H3. The molecule has 1 aromatic carbocycles. The Bertz CT molecular complexity index is 583. The number of hydrogen-bond donors (Lipinski definition) is 1. The van der Waals surface area contributed by atoms with Gasteiger partial charge < -0.3 is 5.73 Å². The third-order valence-corrected chi connectivity index (χ3v) is 5.22. The highest BCUT2D eigenvalue weighted by molar-refractivity contribution is 7.10. The van der Waals surface area contributed by atoms with Gasteiger partial charge in [0.15, 0.2) is 0 Å². The number of nitrogen functional groups attached to an aromatic ring is 1. The van der Waals surface area contributed by atoms with Crippen LogP contribution in [0, 0.1) is 0 Å². The fraction of sp³-hybridized carbons (Fsp3) is 0.412. The van der Waals surface area contributed by atoms with Crippen LogP contribution in [0.1, 0.15) is 29.9 Å². The van der Waals surface area contributed by atoms with Gasteiger partial charge in [-0.1, -0.05) is 26.0 Å². The van der Waals surface area contributed by atoms with Crippen molar-refractivity contribution in [1.82, 2.24) is 4.90 Å². The zero-order chi connectivity index (χ0) is 14.2. The molecule has 3 heteroatoms. The monoisotopic (exact) mass is 286 g/mol. The van der Waals surface area contributed by atoms with Gasteiger partial charge in [0.2, 0.25) is 0 Å². The van der Waals surface area contributed by atoms with E-state index in [0.717, 1.165) is 18.8 Å². The zero-order valence-corrected chi connectivity index (χ0v) is 13.0. The summed E-state index contributed by atoms with van der Waals surface area (Å²) in [4.78, 5) is 4.15. The Morgan fingerprint density at radius 1 is 1.20 bits per heavy atom. The molecule has 20 heavy (non-hydrogen) atoms. The van der Waals surface area contributed by atoms with Crippen LogP contribution < -0.4 is 5.73 Å². The third kappa shape index (κ3) is 2.74. The summed E-state index contributed by atoms with van der Waals surface area (Å²) in [5.74, 6) is 0. The molecule has 2 nitrogen and oxygen atoms in total. The summed E-state index contributed by atoms with van der Waals surface area (Å²) >= 11 is 1.90. The van der Waals surface area contributed by atoms with Crippen LogP contribution in [-0.4, -0.2) is 18.0 Å². The maximum absolute atomic E-state index is 5.79. The Kier molecular flexibility index (Phi) is 3.57. The molecule has 2 aromatic rings. The predicted octanol–water partition coefficient (Wildman–Crippen LogP) is 3.67. The maximum Gasteiger partial charge on any atom is 0.0314 e. The molecule has 0 unspecified atom stereocenters. The Morgan fingerprint density at radius 2 is 1.95 bits per heavy atom. The topological polar surface area (TPSA) is 29.3 Å². The number of hydrogen-bond acceptors (Lipinski definition) is 3. The van der Waals surface area contributed by atoms with Gasteiger partial charge in [-0.3, -0.25) is 4.90 Å². The highest BCUT2D eigenvalue weighted by Crippen LogP contribution is 2.29. The lowest BCUT2D eigenvalue weighted by molar-refractivity contribution is 0.208. The minimum atomic E-state index is 0.154. The van der Waals surface area contributed by atoms with E-state index in [4.69, 9.17) is 5.73 Å². The molecular weight excluding hydrogens is 264 g/mol. The molecule has 0 spiro atoms. The first-order valence-electron chi connectivity index (χ1n) is 7.18. The number of anilines is 1. The van der Waals surface area contributed by atoms with Crippen molar-refractivity contribution in [3.63, 3.8) is 0 Å². The third-order valence-electron chi connectivity index (χ3n) is 4.20. The summed E-state index contributed by atoms with van der Waals surface area (Å²) in [7, 11) is 0. The molecular formula is C17H22N2S. The second-order valence-corrected chi connectivity index (χ2v) is 7.34. The summed E-state index contributed by atoms with van der Waals surface area (Å²) in [6.07, 6.45) is 1.20. The maximum atomic E-state index is 5.79. The van der Waals surface area contributed by atoms with E-state index in [0.29, 0.717) is 0 Å². The molecule has 2 heterocycles. The SMILES string of the molecule is CC(C)(CN1CCc2sccc2C1)c1ccc(N)cc1. The molecule has 0 fully saturated rings. The molecule has 0 aliphatic carbocycles. The summed E-state index contributed by atoms with van der Waals surface area (Å²) in [5, 5.41) is 2.22. The van der Waals surface area contributed by atoms with E-state index in [9.17, 15) is 0 Å². The van der Waals surface area contributed by atoms with Gasteiger partial charge >= 0.3 is 0 Å². The number of benzene rings is 1. The first-order valence-corrected chi connectivity index (χ1v) is 8.06. The van der Waals surface area contributed by atoms with Gasteiger partial charge in [0, 0.05) is 35.6 Å². The second-order valence-electron chi connectivity index (χ2n) is 6.34. The fourth-order valence-electron chi connectivity index (χ4n) is 3.03. The molecule has 0 amide bonds. The van der Waals surface area contributed by atoms with E-state index in [2.05, 4.69) is 42.3 Å². The molecule has 0 saturated heterocycles. The molecule has 0 atom stereocenters. The molecule has 2 N–H and O–H groups in total. The molecule has 106 valence electrons. The van der Waals surface area contributed by atoms with Gasteiger partial charge in [-0.2, -0.15) is 0 Å². The van der Waals surface area contributed by atoms with Crippen molar-refractivity contribution in [2.45, 2.75) is 32.2 Å². The van der Waals surface area contributed by atoms with Gasteiger partial charge in [-0.25, -0.2) is 0 Å². The van der Waals surface area contributed by atoms with Crippen LogP contribution in [0.3, 0.4) is 0 Å². The fourth-order valence-corrected chi connectivity index (χ4v) is 3.92. The van der Waals surface area contributed by atoms with Gasteiger partial charge in [0.1, 0.15) is 0 Å². The smallest absolute Gasteiger partial charge is 0.0314 e. The quantitative estimate of drug-likeness (QED) is 0.872. The molecule has 1 aromatic heterocycles. The minimum Gasteiger partial charge on any atom is -0.399 e. The Hall–Kier alpha value is -1.32. The Labute approximate surface area is 125 Å². The van der Waals surface area contributed by atoms with Gasteiger partial charge in [-0.05, 0) is 41.1 Å². The Morgan fingerprint density at radius 3 is 2.70 bits per heavy atom. The number of thiophene rings is 1. The lowest BCUT2D eigenvalue weighted by Crippen LogP contribution is -2.39. The van der Waals surface area contributed by atoms with E-state index in [1.54, 1.807) is 4.88 Å². The summed E-state index contributed by atoms with van der Waals surface area (Å²) < 4.78 is 0. The summed E-state index contributed by atoms with van der Waals surface area (Å²) in [5.41, 5.74) is 9.66. The summed E-state index contributed by atoms with van der Waals surface area (Å²) in [6, 6.07) is 10.6. The van der Waals surface area contributed by atoms with Crippen LogP contribution in [0.15, 0.2) is 35.7 Å². The van der Waals surface area contributed by atoms with Crippen molar-refractivity contribution in [3.8, 4) is 0 Å². The van der Waals surface area contributed by atoms with Crippen LogP contribution >= 0.6 is 11.3 Å². The second kappa shape index (κ2) is 5.23. The van der Waals surface area contributed by atoms with E-state index < -0.39 is 0 Å². The molecule has 1 aliphatic heterocycles. The van der Waals surface area contributed by atoms with Crippen LogP contribution in [0.4, 0.5) is 5.69 Å². The first-order chi connectivity index (χ1) is 9.54. The van der Waals surface area contributed by atoms with Crippen LogP contribution in [-0.2, 0) is 18.4 Å². The number of rotatable bonds is 3. The largest absolute Gasteiger partial charge is 0.399 e. The Balaban J connectivity index is 1.72. The molecule has 0 saturated carbocycles. The van der Waals surface area contributed by atoms with Crippen LogP contribution in [0.5, 0.6) is 0 Å². The highest BCUT2D eigenvalue weighted by atomic mass is 32.1. The number of nitrogens with two attached hydrogens (primary N) is 1. The van der Waals surface area contributed by atoms with Gasteiger partial charge in [-0.15, -0.1) is 11.3 Å². The predicted molar refractivity (Wildman–Crippen MR) is 87.2 cm³/mol. The van der Waals surface area contributed by atoms with Crippen LogP contribution in [0.25, 0.3) is 0 Å². The number of nitrogens with zero attached hydrogens (tertiary/aromatic N) is 1. The highest BCUT2D eigenvalue weighted by Gasteiger charge is 2.26. The first kappa shape index (κ1) is 13.7. The van der Waals surface area contributed by atoms with Crippen LogP contribution in [0.2, 0.25) is 0 Å². The number of fused-ring (bicyclic) bond motifs is 1.